The first-order valence-corrected chi connectivity index (χ1v) is 4.58. The molecule has 0 radical (unpaired) electrons. The summed E-state index contributed by atoms with van der Waals surface area (Å²) < 4.78 is 4.84. The predicted molar refractivity (Wildman–Crippen MR) is 49.1 cm³/mol. The van der Waals surface area contributed by atoms with Crippen molar-refractivity contribution in [1.29, 1.82) is 5.41 Å². The minimum Gasteiger partial charge on any atom is -0.446 e. The second-order valence-electron chi connectivity index (χ2n) is 3.44. The maximum absolute atomic E-state index is 10.4. The van der Waals surface area contributed by atoms with Crippen LogP contribution in [-0.4, -0.2) is 23.2 Å². The molecule has 1 amide bonds. The van der Waals surface area contributed by atoms with Gasteiger partial charge in [0.2, 0.25) is 0 Å². The fourth-order valence-electron chi connectivity index (χ4n) is 1.72. The lowest BCUT2D eigenvalue weighted by atomic mass is 9.87. The maximum atomic E-state index is 10.4. The van der Waals surface area contributed by atoms with Crippen LogP contribution in [0.1, 0.15) is 25.7 Å². The highest BCUT2D eigenvalue weighted by Gasteiger charge is 2.25. The quantitative estimate of drug-likeness (QED) is 0.298. The maximum Gasteiger partial charge on any atom is 0.404 e. The molecule has 0 aromatic rings. The minimum atomic E-state index is -0.746. The van der Waals surface area contributed by atoms with Crippen molar-refractivity contribution in [2.24, 2.45) is 11.7 Å². The van der Waals surface area contributed by atoms with E-state index >= 15 is 0 Å². The van der Waals surface area contributed by atoms with E-state index in [1.165, 1.54) is 0 Å². The number of amides is 1. The molecule has 6 nitrogen and oxygen atoms in total. The van der Waals surface area contributed by atoms with Gasteiger partial charge in [-0.2, -0.15) is 0 Å². The van der Waals surface area contributed by atoms with Crippen LogP contribution in [0.4, 0.5) is 4.79 Å². The molecule has 0 unspecified atom stereocenters. The zero-order valence-electron chi connectivity index (χ0n) is 7.82. The van der Waals surface area contributed by atoms with Gasteiger partial charge in [-0.15, -0.1) is 0 Å². The summed E-state index contributed by atoms with van der Waals surface area (Å²) in [6.07, 6.45) is 1.96. The van der Waals surface area contributed by atoms with Crippen molar-refractivity contribution in [3.63, 3.8) is 0 Å². The van der Waals surface area contributed by atoms with Gasteiger partial charge in [0.1, 0.15) is 11.9 Å². The van der Waals surface area contributed by atoms with E-state index in [1.807, 2.05) is 5.48 Å². The molecule has 1 saturated carbocycles. The van der Waals surface area contributed by atoms with Gasteiger partial charge in [0.05, 0.1) is 0 Å². The lowest BCUT2D eigenvalue weighted by Crippen LogP contribution is -2.33. The van der Waals surface area contributed by atoms with Crippen molar-refractivity contribution < 1.29 is 14.7 Å². The third-order valence-electron chi connectivity index (χ3n) is 2.49. The molecular weight excluding hydrogens is 186 g/mol. The minimum absolute atomic E-state index is 0.0349. The number of hydroxylamine groups is 1. The Kier molecular flexibility index (Phi) is 3.70. The van der Waals surface area contributed by atoms with Gasteiger partial charge in [-0.1, -0.05) is 0 Å². The molecule has 1 rings (SSSR count). The summed E-state index contributed by atoms with van der Waals surface area (Å²) in [6.45, 7) is 0. The first-order valence-electron chi connectivity index (χ1n) is 4.58. The number of hydrogen-bond acceptors (Lipinski definition) is 4. The summed E-state index contributed by atoms with van der Waals surface area (Å²) in [7, 11) is 0. The van der Waals surface area contributed by atoms with E-state index in [9.17, 15) is 4.79 Å². The van der Waals surface area contributed by atoms with Crippen molar-refractivity contribution >= 4 is 11.9 Å². The highest BCUT2D eigenvalue weighted by molar-refractivity contribution is 5.80. The van der Waals surface area contributed by atoms with Crippen LogP contribution >= 0.6 is 0 Å². The molecule has 5 N–H and O–H groups in total. The number of carbonyl (C=O) groups excluding carboxylic acids is 1. The first kappa shape index (κ1) is 10.8. The Bertz CT molecular complexity index is 224. The van der Waals surface area contributed by atoms with E-state index in [-0.39, 0.29) is 17.9 Å². The van der Waals surface area contributed by atoms with Crippen LogP contribution in [0, 0.1) is 11.3 Å². The molecule has 0 aliphatic heterocycles. The van der Waals surface area contributed by atoms with Crippen molar-refractivity contribution in [3.05, 3.63) is 0 Å². The normalized spacial score (nSPS) is 26.6. The molecule has 6 heteroatoms. The zero-order valence-corrected chi connectivity index (χ0v) is 7.82. The molecular formula is C8H15N3O3. The first-order chi connectivity index (χ1) is 6.63. The van der Waals surface area contributed by atoms with E-state index in [0.29, 0.717) is 12.8 Å². The Labute approximate surface area is 81.9 Å². The molecule has 0 heterocycles. The van der Waals surface area contributed by atoms with Gasteiger partial charge in [0.15, 0.2) is 0 Å². The molecule has 0 aromatic heterocycles. The average molecular weight is 201 g/mol. The third-order valence-corrected chi connectivity index (χ3v) is 2.49. The second-order valence-corrected chi connectivity index (χ2v) is 3.44. The van der Waals surface area contributed by atoms with E-state index in [2.05, 4.69) is 0 Å². The molecule has 1 aliphatic carbocycles. The number of nitrogens with two attached hydrogens (primary N) is 1. The largest absolute Gasteiger partial charge is 0.446 e. The number of primary amides is 1. The molecule has 1 aliphatic rings. The lowest BCUT2D eigenvalue weighted by Gasteiger charge is -2.27. The van der Waals surface area contributed by atoms with E-state index in [0.717, 1.165) is 12.8 Å². The van der Waals surface area contributed by atoms with Crippen molar-refractivity contribution in [3.8, 4) is 0 Å². The molecule has 0 aromatic carbocycles. The van der Waals surface area contributed by atoms with Crippen LogP contribution in [0.15, 0.2) is 0 Å². The van der Waals surface area contributed by atoms with E-state index < -0.39 is 6.09 Å². The number of carbonyl (C=O) groups is 1. The summed E-state index contributed by atoms with van der Waals surface area (Å²) in [5, 5.41) is 15.9. The Morgan fingerprint density at radius 3 is 2.43 bits per heavy atom. The summed E-state index contributed by atoms with van der Waals surface area (Å²) in [6, 6.07) is 0. The van der Waals surface area contributed by atoms with Crippen LogP contribution in [0.2, 0.25) is 0 Å². The van der Waals surface area contributed by atoms with E-state index in [4.69, 9.17) is 21.1 Å². The topological polar surface area (TPSA) is 108 Å². The summed E-state index contributed by atoms with van der Waals surface area (Å²) >= 11 is 0. The van der Waals surface area contributed by atoms with Crippen LogP contribution < -0.4 is 11.2 Å². The highest BCUT2D eigenvalue weighted by Crippen LogP contribution is 2.26. The van der Waals surface area contributed by atoms with Crippen LogP contribution in [0.25, 0.3) is 0 Å². The van der Waals surface area contributed by atoms with Crippen molar-refractivity contribution in [1.82, 2.24) is 5.48 Å². The Hall–Kier alpha value is -1.30. The predicted octanol–water partition coefficient (Wildman–Crippen LogP) is 0.597. The molecule has 0 saturated heterocycles. The number of nitrogens with one attached hydrogen (secondary N) is 2. The summed E-state index contributed by atoms with van der Waals surface area (Å²) in [5.74, 6) is 0.162. The second kappa shape index (κ2) is 4.80. The van der Waals surface area contributed by atoms with Crippen molar-refractivity contribution in [2.75, 3.05) is 0 Å². The Morgan fingerprint density at radius 1 is 1.43 bits per heavy atom. The van der Waals surface area contributed by atoms with Crippen LogP contribution in [0.3, 0.4) is 0 Å². The van der Waals surface area contributed by atoms with Crippen LogP contribution in [0.5, 0.6) is 0 Å². The van der Waals surface area contributed by atoms with Gasteiger partial charge >= 0.3 is 6.09 Å². The highest BCUT2D eigenvalue weighted by atomic mass is 16.6. The Morgan fingerprint density at radius 2 is 2.00 bits per heavy atom. The summed E-state index contributed by atoms with van der Waals surface area (Å²) in [4.78, 5) is 10.4. The monoisotopic (exact) mass is 201 g/mol. The zero-order chi connectivity index (χ0) is 10.6. The fourth-order valence-corrected chi connectivity index (χ4v) is 1.72. The molecule has 1 fully saturated rings. The molecule has 0 atom stereocenters. The van der Waals surface area contributed by atoms with Gasteiger partial charge in [-0.25, -0.2) is 4.79 Å². The SMILES string of the molecule is N=C(NO)[C@H]1CC[C@H](OC(N)=O)CC1. The number of hydrogen-bond donors (Lipinski definition) is 4. The number of ether oxygens (including phenoxy) is 1. The van der Waals surface area contributed by atoms with Gasteiger partial charge < -0.3 is 10.5 Å². The fraction of sp³-hybridized carbons (Fsp3) is 0.750. The molecule has 80 valence electrons. The van der Waals surface area contributed by atoms with E-state index in [1.54, 1.807) is 0 Å². The Balaban J connectivity index is 2.31. The third kappa shape index (κ3) is 2.88. The van der Waals surface area contributed by atoms with Crippen molar-refractivity contribution in [2.45, 2.75) is 31.8 Å². The standard InChI is InChI=1S/C8H15N3O3/c9-7(11-13)5-1-3-6(4-2-5)14-8(10)12/h5-6,13H,1-4H2,(H2,9,11)(H2,10,12)/t5-,6-. The smallest absolute Gasteiger partial charge is 0.404 e. The van der Waals surface area contributed by atoms with Gasteiger partial charge in [-0.3, -0.25) is 16.1 Å². The molecule has 14 heavy (non-hydrogen) atoms. The average Bonchev–Trinajstić information content (AvgIpc) is 2.17. The van der Waals surface area contributed by atoms with Crippen LogP contribution in [-0.2, 0) is 4.74 Å². The number of rotatable bonds is 2. The lowest BCUT2D eigenvalue weighted by molar-refractivity contribution is 0.0762. The molecule has 0 spiro atoms. The van der Waals surface area contributed by atoms with Gasteiger partial charge in [-0.05, 0) is 25.7 Å². The summed E-state index contributed by atoms with van der Waals surface area (Å²) in [5.41, 5.74) is 6.73. The van der Waals surface area contributed by atoms with Gasteiger partial charge in [0, 0.05) is 5.92 Å². The van der Waals surface area contributed by atoms with Gasteiger partial charge in [0.25, 0.3) is 0 Å². The molecule has 0 bridgehead atoms. The number of amidine groups is 1.